The van der Waals surface area contributed by atoms with Crippen LogP contribution in [0.3, 0.4) is 0 Å². The minimum atomic E-state index is -0.593. The van der Waals surface area contributed by atoms with E-state index in [0.717, 1.165) is 17.4 Å². The van der Waals surface area contributed by atoms with Gasteiger partial charge in [0.15, 0.2) is 0 Å². The third-order valence-electron chi connectivity index (χ3n) is 3.68. The monoisotopic (exact) mass is 250 g/mol. The maximum atomic E-state index is 11.8. The molecule has 2 rings (SSSR count). The van der Waals surface area contributed by atoms with E-state index >= 15 is 0 Å². The van der Waals surface area contributed by atoms with Crippen LogP contribution < -0.4 is 0 Å². The highest BCUT2D eigenvalue weighted by Gasteiger charge is 2.34. The largest absolute Gasteiger partial charge is 0.302 e. The highest BCUT2D eigenvalue weighted by molar-refractivity contribution is 5.71. The van der Waals surface area contributed by atoms with Crippen molar-refractivity contribution in [2.45, 2.75) is 18.3 Å². The predicted molar refractivity (Wildman–Crippen MR) is 79.2 cm³/mol. The molecule has 2 aromatic carbocycles. The molecule has 0 bridgehead atoms. The molecule has 0 aliphatic carbocycles. The smallest absolute Gasteiger partial charge is 0.131 e. The first-order valence-electron chi connectivity index (χ1n) is 6.41. The highest BCUT2D eigenvalue weighted by Crippen LogP contribution is 2.38. The van der Waals surface area contributed by atoms with Crippen LogP contribution >= 0.6 is 0 Å². The molecular weight excluding hydrogens is 232 g/mol. The molecule has 19 heavy (non-hydrogen) atoms. The molecule has 0 aliphatic rings. The Bertz CT molecular complexity index is 544. The molecule has 0 N–H and O–H groups in total. The van der Waals surface area contributed by atoms with Gasteiger partial charge in [-0.15, -0.1) is 6.58 Å². The maximum Gasteiger partial charge on any atom is 0.131 e. The average Bonchev–Trinajstić information content (AvgIpc) is 2.49. The van der Waals surface area contributed by atoms with Crippen LogP contribution in [0.5, 0.6) is 0 Å². The van der Waals surface area contributed by atoms with Crippen LogP contribution in [0.4, 0.5) is 0 Å². The molecule has 0 saturated heterocycles. The normalized spacial score (nSPS) is 15.2. The summed E-state index contributed by atoms with van der Waals surface area (Å²) in [6, 6.07) is 19.9. The van der Waals surface area contributed by atoms with Gasteiger partial charge in [-0.25, -0.2) is 0 Å². The lowest BCUT2D eigenvalue weighted by Crippen LogP contribution is -2.31. The standard InChI is InChI=1S/C18H18O/c1-3-17(15-10-6-4-7-11-15)18(2,14-19)16-12-8-5-9-13-16/h3-14,17H,1H2,2H3/t17-,18?/m0/s1. The summed E-state index contributed by atoms with van der Waals surface area (Å²) in [5.74, 6) is -0.0337. The topological polar surface area (TPSA) is 17.1 Å². The molecular formula is C18H18O. The number of allylic oxidation sites excluding steroid dienone is 1. The summed E-state index contributed by atoms with van der Waals surface area (Å²) in [4.78, 5) is 11.8. The maximum absolute atomic E-state index is 11.8. The van der Waals surface area contributed by atoms with E-state index in [1.165, 1.54) is 0 Å². The lowest BCUT2D eigenvalue weighted by Gasteiger charge is -2.31. The van der Waals surface area contributed by atoms with E-state index in [2.05, 4.69) is 6.58 Å². The van der Waals surface area contributed by atoms with Gasteiger partial charge in [0, 0.05) is 5.92 Å². The van der Waals surface area contributed by atoms with Crippen molar-refractivity contribution in [3.05, 3.63) is 84.4 Å². The lowest BCUT2D eigenvalue weighted by atomic mass is 9.70. The zero-order valence-corrected chi connectivity index (χ0v) is 11.1. The van der Waals surface area contributed by atoms with Crippen LogP contribution in [-0.2, 0) is 10.2 Å². The first kappa shape index (κ1) is 13.3. The predicted octanol–water partition coefficient (Wildman–Crippen LogP) is 4.11. The first-order valence-corrected chi connectivity index (χ1v) is 6.41. The molecule has 0 spiro atoms. The lowest BCUT2D eigenvalue weighted by molar-refractivity contribution is -0.112. The van der Waals surface area contributed by atoms with E-state index in [0.29, 0.717) is 0 Å². The van der Waals surface area contributed by atoms with Crippen molar-refractivity contribution in [1.29, 1.82) is 0 Å². The Morgan fingerprint density at radius 3 is 2.00 bits per heavy atom. The van der Waals surface area contributed by atoms with Crippen molar-refractivity contribution in [1.82, 2.24) is 0 Å². The molecule has 0 radical (unpaired) electrons. The Kier molecular flexibility index (Phi) is 3.96. The zero-order valence-electron chi connectivity index (χ0n) is 11.1. The summed E-state index contributed by atoms with van der Waals surface area (Å²) >= 11 is 0. The minimum Gasteiger partial charge on any atom is -0.302 e. The fourth-order valence-corrected chi connectivity index (χ4v) is 2.51. The van der Waals surface area contributed by atoms with Gasteiger partial charge in [0.05, 0.1) is 5.41 Å². The molecule has 2 atom stereocenters. The van der Waals surface area contributed by atoms with E-state index in [4.69, 9.17) is 0 Å². The summed E-state index contributed by atoms with van der Waals surface area (Å²) in [5, 5.41) is 0. The SMILES string of the molecule is C=C[C@@H](c1ccccc1)C(C)(C=O)c1ccccc1. The second-order valence-corrected chi connectivity index (χ2v) is 4.89. The summed E-state index contributed by atoms with van der Waals surface area (Å²) in [7, 11) is 0. The Morgan fingerprint density at radius 2 is 1.53 bits per heavy atom. The number of rotatable bonds is 5. The number of hydrogen-bond donors (Lipinski definition) is 0. The quantitative estimate of drug-likeness (QED) is 0.576. The van der Waals surface area contributed by atoms with Gasteiger partial charge < -0.3 is 4.79 Å². The number of carbonyl (C=O) groups excluding carboxylic acids is 1. The van der Waals surface area contributed by atoms with Crippen molar-refractivity contribution in [2.75, 3.05) is 0 Å². The number of benzene rings is 2. The Labute approximate surface area is 114 Å². The molecule has 0 aliphatic heterocycles. The molecule has 1 unspecified atom stereocenters. The molecule has 0 fully saturated rings. The summed E-state index contributed by atoms with van der Waals surface area (Å²) < 4.78 is 0. The Morgan fingerprint density at radius 1 is 1.00 bits per heavy atom. The van der Waals surface area contributed by atoms with Crippen LogP contribution in [0.2, 0.25) is 0 Å². The Balaban J connectivity index is 2.51. The van der Waals surface area contributed by atoms with Crippen LogP contribution in [-0.4, -0.2) is 6.29 Å². The summed E-state index contributed by atoms with van der Waals surface area (Å²) in [6.07, 6.45) is 2.89. The van der Waals surface area contributed by atoms with Gasteiger partial charge in [-0.3, -0.25) is 0 Å². The molecule has 1 nitrogen and oxygen atoms in total. The molecule has 2 aromatic rings. The van der Waals surface area contributed by atoms with Crippen LogP contribution in [0.15, 0.2) is 73.3 Å². The minimum absolute atomic E-state index is 0.0337. The highest BCUT2D eigenvalue weighted by atomic mass is 16.1. The van der Waals surface area contributed by atoms with E-state index in [-0.39, 0.29) is 5.92 Å². The fraction of sp³-hybridized carbons (Fsp3) is 0.167. The third kappa shape index (κ3) is 2.50. The number of carbonyl (C=O) groups is 1. The van der Waals surface area contributed by atoms with Crippen molar-refractivity contribution in [2.24, 2.45) is 0 Å². The third-order valence-corrected chi connectivity index (χ3v) is 3.68. The fourth-order valence-electron chi connectivity index (χ4n) is 2.51. The van der Waals surface area contributed by atoms with Gasteiger partial charge in [0.1, 0.15) is 6.29 Å². The van der Waals surface area contributed by atoms with Crippen molar-refractivity contribution in [3.63, 3.8) is 0 Å². The van der Waals surface area contributed by atoms with E-state index in [1.54, 1.807) is 0 Å². The van der Waals surface area contributed by atoms with Crippen molar-refractivity contribution in [3.8, 4) is 0 Å². The molecule has 0 heterocycles. The first-order chi connectivity index (χ1) is 9.22. The van der Waals surface area contributed by atoms with Crippen molar-refractivity contribution < 1.29 is 4.79 Å². The zero-order chi connectivity index (χ0) is 13.7. The van der Waals surface area contributed by atoms with E-state index in [9.17, 15) is 4.79 Å². The van der Waals surface area contributed by atoms with E-state index < -0.39 is 5.41 Å². The summed E-state index contributed by atoms with van der Waals surface area (Å²) in [6.45, 7) is 5.89. The second-order valence-electron chi connectivity index (χ2n) is 4.89. The number of aldehydes is 1. The van der Waals surface area contributed by atoms with Crippen LogP contribution in [0.25, 0.3) is 0 Å². The molecule has 1 heteroatoms. The van der Waals surface area contributed by atoms with Gasteiger partial charge in [-0.05, 0) is 18.1 Å². The van der Waals surface area contributed by atoms with Gasteiger partial charge >= 0.3 is 0 Å². The van der Waals surface area contributed by atoms with Crippen LogP contribution in [0, 0.1) is 0 Å². The molecule has 0 saturated carbocycles. The molecule has 96 valence electrons. The Hall–Kier alpha value is -2.15. The van der Waals surface area contributed by atoms with Gasteiger partial charge in [0.25, 0.3) is 0 Å². The molecule has 0 aromatic heterocycles. The second kappa shape index (κ2) is 5.66. The van der Waals surface area contributed by atoms with Gasteiger partial charge in [0.2, 0.25) is 0 Å². The molecule has 0 amide bonds. The van der Waals surface area contributed by atoms with Gasteiger partial charge in [-0.2, -0.15) is 0 Å². The van der Waals surface area contributed by atoms with Crippen LogP contribution in [0.1, 0.15) is 24.0 Å². The summed E-state index contributed by atoms with van der Waals surface area (Å²) in [5.41, 5.74) is 1.53. The van der Waals surface area contributed by atoms with E-state index in [1.807, 2.05) is 73.7 Å². The number of hydrogen-bond acceptors (Lipinski definition) is 1. The van der Waals surface area contributed by atoms with Crippen molar-refractivity contribution >= 4 is 6.29 Å². The average molecular weight is 250 g/mol. The van der Waals surface area contributed by atoms with Gasteiger partial charge in [-0.1, -0.05) is 66.7 Å².